The molecule has 5 heterocycles. The number of nitrogens with zero attached hydrogens (tertiary/aromatic N) is 9. The third-order valence-corrected chi connectivity index (χ3v) is 10.8. The molecule has 0 saturated heterocycles. The molecule has 306 valence electrons. The van der Waals surface area contributed by atoms with Gasteiger partial charge in [-0.2, -0.15) is 0 Å². The summed E-state index contributed by atoms with van der Waals surface area (Å²) in [7, 11) is 3.26. The number of rotatable bonds is 16. The van der Waals surface area contributed by atoms with Gasteiger partial charge in [0.2, 0.25) is 5.96 Å². The maximum Gasteiger partial charge on any atom is 0.259 e. The fraction of sp³-hybridized carbons (Fsp3) is 0.289. The van der Waals surface area contributed by atoms with Crippen LogP contribution in [0.4, 0.5) is 11.5 Å². The van der Waals surface area contributed by atoms with E-state index in [1.54, 1.807) is 18.9 Å². The first-order chi connectivity index (χ1) is 29.5. The van der Waals surface area contributed by atoms with Gasteiger partial charge in [0.15, 0.2) is 11.5 Å². The Morgan fingerprint density at radius 3 is 2.37 bits per heavy atom. The predicted octanol–water partition coefficient (Wildman–Crippen LogP) is 5.85. The Labute approximate surface area is 347 Å². The van der Waals surface area contributed by atoms with Crippen LogP contribution in [-0.2, 0) is 27.4 Å². The summed E-state index contributed by atoms with van der Waals surface area (Å²) < 4.78 is 24.1. The molecule has 0 saturated carbocycles. The van der Waals surface area contributed by atoms with Crippen molar-refractivity contribution in [3.05, 3.63) is 126 Å². The summed E-state index contributed by atoms with van der Waals surface area (Å²) in [6, 6.07) is 30.2. The number of hydrogen-bond donors (Lipinski definition) is 1. The van der Waals surface area contributed by atoms with E-state index in [1.165, 1.54) is 11.9 Å². The van der Waals surface area contributed by atoms with Crippen LogP contribution >= 0.6 is 0 Å². The average molecular weight is 807 g/mol. The number of methoxy groups -OCH3 is 2. The highest BCUT2D eigenvalue weighted by atomic mass is 16.5. The third-order valence-electron chi connectivity index (χ3n) is 10.8. The lowest BCUT2D eigenvalue weighted by Crippen LogP contribution is -2.53. The van der Waals surface area contributed by atoms with Crippen molar-refractivity contribution in [1.82, 2.24) is 39.7 Å². The van der Waals surface area contributed by atoms with E-state index in [4.69, 9.17) is 23.9 Å². The van der Waals surface area contributed by atoms with Crippen LogP contribution in [0.1, 0.15) is 17.5 Å². The van der Waals surface area contributed by atoms with Crippen molar-refractivity contribution in [3.63, 3.8) is 0 Å². The van der Waals surface area contributed by atoms with Crippen molar-refractivity contribution < 1.29 is 23.7 Å². The lowest BCUT2D eigenvalue weighted by Gasteiger charge is -2.42. The highest BCUT2D eigenvalue weighted by Gasteiger charge is 2.41. The molecule has 2 aromatic heterocycles. The number of hydrogen-bond acceptors (Lipinski definition) is 13. The van der Waals surface area contributed by atoms with Gasteiger partial charge in [-0.25, -0.2) is 14.6 Å². The summed E-state index contributed by atoms with van der Waals surface area (Å²) in [5, 5.41) is 13.2. The lowest BCUT2D eigenvalue weighted by molar-refractivity contribution is -0.125. The van der Waals surface area contributed by atoms with Gasteiger partial charge >= 0.3 is 0 Å². The van der Waals surface area contributed by atoms with Crippen LogP contribution in [0.3, 0.4) is 0 Å². The molecule has 0 aliphatic carbocycles. The number of guanidine groups is 1. The molecule has 0 atom stereocenters. The van der Waals surface area contributed by atoms with Gasteiger partial charge in [0.05, 0.1) is 49.3 Å². The van der Waals surface area contributed by atoms with Gasteiger partial charge in [0, 0.05) is 75.2 Å². The molecule has 0 radical (unpaired) electrons. The summed E-state index contributed by atoms with van der Waals surface area (Å²) >= 11 is 0. The Bertz CT molecular complexity index is 2540. The van der Waals surface area contributed by atoms with Crippen molar-refractivity contribution in [2.75, 3.05) is 72.1 Å². The van der Waals surface area contributed by atoms with E-state index in [0.29, 0.717) is 74.6 Å². The quantitative estimate of drug-likeness (QED) is 0.117. The normalized spacial score (nSPS) is 15.3. The van der Waals surface area contributed by atoms with Crippen molar-refractivity contribution >= 4 is 34.3 Å². The fourth-order valence-corrected chi connectivity index (χ4v) is 7.80. The molecule has 0 bridgehead atoms. The molecule has 0 fully saturated rings. The smallest absolute Gasteiger partial charge is 0.259 e. The monoisotopic (exact) mass is 806 g/mol. The van der Waals surface area contributed by atoms with Crippen LogP contribution in [0.25, 0.3) is 27.8 Å². The molecule has 3 aliphatic rings. The molecule has 1 amide bonds. The standard InChI is InChI=1S/C45H46N10O5/c1-57-19-21-59-41-24-36-38(25-42(41)60-22-20-58-2)47-30-48-43(36)49-34-10-6-9-33(23-34)39-29-55(51-50-39)35-13-11-32(12-14-35)27-54-44(56)37-28-52(26-31-7-4-3-5-8-31)17-15-40(37)53-18-16-46-45(53)54/h3-14,23-25,29-30H,15-22,26-28H2,1-2H3,(H,47,48,49). The predicted molar refractivity (Wildman–Crippen MR) is 227 cm³/mol. The van der Waals surface area contributed by atoms with Crippen molar-refractivity contribution in [3.8, 4) is 28.4 Å². The second kappa shape index (κ2) is 17.7. The SMILES string of the molecule is COCCOc1cc2ncnc(Nc3cccc(-c4cn(-c5ccc(CN6C(=O)C7=C(CCN(Cc8ccccc8)C7)N7CCN=C67)cc5)nn4)c3)c2cc1OCCOC. The number of fused-ring (bicyclic) bond motifs is 3. The number of aliphatic imine (C=N–C) groups is 1. The van der Waals surface area contributed by atoms with Gasteiger partial charge < -0.3 is 29.2 Å². The largest absolute Gasteiger partial charge is 0.487 e. The molecule has 3 aliphatic heterocycles. The summed E-state index contributed by atoms with van der Waals surface area (Å²) in [5.41, 5.74) is 8.21. The van der Waals surface area contributed by atoms with Crippen LogP contribution < -0.4 is 14.8 Å². The zero-order valence-electron chi connectivity index (χ0n) is 33.7. The minimum absolute atomic E-state index is 0.0449. The Hall–Kier alpha value is -6.68. The van der Waals surface area contributed by atoms with Crippen LogP contribution in [0, 0.1) is 0 Å². The number of amides is 1. The zero-order valence-corrected chi connectivity index (χ0v) is 33.7. The van der Waals surface area contributed by atoms with Gasteiger partial charge in [-0.05, 0) is 41.5 Å². The second-order valence-corrected chi connectivity index (χ2v) is 14.7. The number of aromatic nitrogens is 5. The van der Waals surface area contributed by atoms with E-state index < -0.39 is 0 Å². The maximum absolute atomic E-state index is 14.1. The molecule has 0 unspecified atom stereocenters. The van der Waals surface area contributed by atoms with E-state index in [2.05, 4.69) is 59.7 Å². The number of carbonyl (C=O) groups excluding carboxylic acids is 1. The molecule has 15 nitrogen and oxygen atoms in total. The van der Waals surface area contributed by atoms with E-state index in [9.17, 15) is 4.79 Å². The first kappa shape index (κ1) is 38.8. The highest BCUT2D eigenvalue weighted by molar-refractivity contribution is 6.10. The van der Waals surface area contributed by atoms with Crippen molar-refractivity contribution in [2.24, 2.45) is 4.99 Å². The zero-order chi connectivity index (χ0) is 40.8. The second-order valence-electron chi connectivity index (χ2n) is 14.7. The maximum atomic E-state index is 14.1. The molecular weight excluding hydrogens is 761 g/mol. The lowest BCUT2D eigenvalue weighted by atomic mass is 10.00. The summed E-state index contributed by atoms with van der Waals surface area (Å²) in [5.74, 6) is 2.54. The average Bonchev–Trinajstić information content (AvgIpc) is 3.98. The fourth-order valence-electron chi connectivity index (χ4n) is 7.80. The van der Waals surface area contributed by atoms with Crippen LogP contribution in [0.15, 0.2) is 120 Å². The van der Waals surface area contributed by atoms with E-state index in [0.717, 1.165) is 71.2 Å². The minimum atomic E-state index is 0.0449. The minimum Gasteiger partial charge on any atom is -0.487 e. The first-order valence-electron chi connectivity index (χ1n) is 20.1. The number of carbonyl (C=O) groups is 1. The Kier molecular flexibility index (Phi) is 11.4. The third kappa shape index (κ3) is 8.27. The van der Waals surface area contributed by atoms with Crippen molar-refractivity contribution in [2.45, 2.75) is 19.5 Å². The number of anilines is 2. The Morgan fingerprint density at radius 1 is 0.783 bits per heavy atom. The number of nitrogens with one attached hydrogen (secondary N) is 1. The summed E-state index contributed by atoms with van der Waals surface area (Å²) in [6.07, 6.45) is 4.26. The number of ether oxygens (including phenoxy) is 4. The van der Waals surface area contributed by atoms with Gasteiger partial charge in [-0.15, -0.1) is 5.10 Å². The molecule has 15 heteroatoms. The summed E-state index contributed by atoms with van der Waals surface area (Å²) in [4.78, 5) is 34.4. The van der Waals surface area contributed by atoms with Gasteiger partial charge in [-0.3, -0.25) is 19.6 Å². The molecule has 6 aromatic rings. The summed E-state index contributed by atoms with van der Waals surface area (Å²) in [6.45, 7) is 5.88. The Balaban J connectivity index is 0.885. The van der Waals surface area contributed by atoms with Crippen LogP contribution in [0.2, 0.25) is 0 Å². The molecule has 4 aromatic carbocycles. The van der Waals surface area contributed by atoms with E-state index >= 15 is 0 Å². The molecular formula is C45H46N10O5. The highest BCUT2D eigenvalue weighted by Crippen LogP contribution is 2.36. The molecule has 1 N–H and O–H groups in total. The van der Waals surface area contributed by atoms with Crippen molar-refractivity contribution in [1.29, 1.82) is 0 Å². The van der Waals surface area contributed by atoms with Gasteiger partial charge in [0.25, 0.3) is 5.91 Å². The topological polar surface area (TPSA) is 145 Å². The molecule has 60 heavy (non-hydrogen) atoms. The van der Waals surface area contributed by atoms with E-state index in [1.807, 2.05) is 77.8 Å². The van der Waals surface area contributed by atoms with Crippen LogP contribution in [0.5, 0.6) is 11.5 Å². The Morgan fingerprint density at radius 2 is 1.57 bits per heavy atom. The number of benzene rings is 4. The van der Waals surface area contributed by atoms with Gasteiger partial charge in [0.1, 0.15) is 31.1 Å². The molecule has 9 rings (SSSR count). The van der Waals surface area contributed by atoms with E-state index in [-0.39, 0.29) is 5.91 Å². The molecule has 0 spiro atoms. The van der Waals surface area contributed by atoms with Gasteiger partial charge in [-0.1, -0.05) is 59.8 Å². The first-order valence-corrected chi connectivity index (χ1v) is 20.1. The van der Waals surface area contributed by atoms with Crippen LogP contribution in [-0.4, -0.2) is 118 Å².